The Hall–Kier alpha value is -5.40. The average Bonchev–Trinajstić information content (AvgIpc) is 3.41. The summed E-state index contributed by atoms with van der Waals surface area (Å²) < 4.78 is 0. The van der Waals surface area contributed by atoms with Crippen LogP contribution >= 0.6 is 11.3 Å². The molecule has 3 heterocycles. The van der Waals surface area contributed by atoms with E-state index in [1.807, 2.05) is 96.0 Å². The summed E-state index contributed by atoms with van der Waals surface area (Å²) in [6, 6.07) is 36.5. The van der Waals surface area contributed by atoms with Crippen LogP contribution in [0.3, 0.4) is 0 Å². The van der Waals surface area contributed by atoms with Gasteiger partial charge in [0.15, 0.2) is 0 Å². The maximum Gasteiger partial charge on any atom is 0.258 e. The van der Waals surface area contributed by atoms with Gasteiger partial charge in [-0.15, -0.1) is 11.3 Å². The molecule has 214 valence electrons. The standard InChI is InChI=1S/C37H28N4O2S/c42-36(30-13-5-4-12-29(30)26-10-2-1-3-11-26)39-28-18-16-27(17-19-28)37(43)41-22-20-33-35(31-14-6-7-15-32(31)41)40-34(44-33)23-25-9-8-21-38-24-25/h1-19,21,24H,20,22-23H2,(H,39,42). The van der Waals surface area contributed by atoms with E-state index in [4.69, 9.17) is 4.98 Å². The molecular formula is C37H28N4O2S. The maximum atomic E-state index is 13.9. The molecule has 7 heteroatoms. The van der Waals surface area contributed by atoms with E-state index in [0.717, 1.165) is 51.5 Å². The molecule has 0 saturated heterocycles. The first-order chi connectivity index (χ1) is 21.6. The fourth-order valence-corrected chi connectivity index (χ4v) is 6.69. The van der Waals surface area contributed by atoms with Gasteiger partial charge in [-0.05, 0) is 59.2 Å². The van der Waals surface area contributed by atoms with Crippen LogP contribution in [0.15, 0.2) is 128 Å². The van der Waals surface area contributed by atoms with E-state index in [1.54, 1.807) is 41.8 Å². The molecule has 0 bridgehead atoms. The van der Waals surface area contributed by atoms with Crippen molar-refractivity contribution in [3.8, 4) is 22.4 Å². The minimum atomic E-state index is -0.202. The summed E-state index contributed by atoms with van der Waals surface area (Å²) in [6.45, 7) is 0.548. The molecule has 0 saturated carbocycles. The summed E-state index contributed by atoms with van der Waals surface area (Å²) in [5, 5.41) is 4.04. The van der Waals surface area contributed by atoms with E-state index in [0.29, 0.717) is 23.4 Å². The number of para-hydroxylation sites is 1. The molecule has 44 heavy (non-hydrogen) atoms. The number of amides is 2. The third-order valence-corrected chi connectivity index (χ3v) is 8.84. The minimum Gasteiger partial charge on any atom is -0.322 e. The topological polar surface area (TPSA) is 75.2 Å². The molecule has 0 unspecified atom stereocenters. The van der Waals surface area contributed by atoms with Gasteiger partial charge in [0.1, 0.15) is 0 Å². The summed E-state index contributed by atoms with van der Waals surface area (Å²) in [7, 11) is 0. The van der Waals surface area contributed by atoms with Gasteiger partial charge in [0, 0.05) is 59.0 Å². The van der Waals surface area contributed by atoms with Crippen LogP contribution in [0.25, 0.3) is 22.4 Å². The normalized spacial score (nSPS) is 12.1. The molecule has 0 fully saturated rings. The van der Waals surface area contributed by atoms with Crippen molar-refractivity contribution < 1.29 is 9.59 Å². The molecule has 4 aromatic carbocycles. The Morgan fingerprint density at radius 3 is 2.34 bits per heavy atom. The lowest BCUT2D eigenvalue weighted by Crippen LogP contribution is -2.32. The second-order valence-corrected chi connectivity index (χ2v) is 11.8. The van der Waals surface area contributed by atoms with E-state index in [-0.39, 0.29) is 11.8 Å². The van der Waals surface area contributed by atoms with Crippen LogP contribution in [-0.4, -0.2) is 28.3 Å². The molecule has 0 radical (unpaired) electrons. The van der Waals surface area contributed by atoms with E-state index in [2.05, 4.69) is 16.4 Å². The number of nitrogens with one attached hydrogen (secondary N) is 1. The molecule has 1 aliphatic rings. The highest BCUT2D eigenvalue weighted by Crippen LogP contribution is 2.39. The van der Waals surface area contributed by atoms with Gasteiger partial charge in [0.05, 0.1) is 16.4 Å². The van der Waals surface area contributed by atoms with Crippen LogP contribution in [0, 0.1) is 0 Å². The van der Waals surface area contributed by atoms with Gasteiger partial charge < -0.3 is 10.2 Å². The monoisotopic (exact) mass is 592 g/mol. The maximum absolute atomic E-state index is 13.9. The predicted octanol–water partition coefficient (Wildman–Crippen LogP) is 7.92. The number of carbonyl (C=O) groups is 2. The van der Waals surface area contributed by atoms with E-state index < -0.39 is 0 Å². The van der Waals surface area contributed by atoms with Crippen LogP contribution in [0.1, 0.15) is 36.2 Å². The van der Waals surface area contributed by atoms with E-state index in [9.17, 15) is 9.59 Å². The highest BCUT2D eigenvalue weighted by atomic mass is 32.1. The smallest absolute Gasteiger partial charge is 0.258 e. The van der Waals surface area contributed by atoms with Gasteiger partial charge in [-0.3, -0.25) is 14.6 Å². The first-order valence-corrected chi connectivity index (χ1v) is 15.3. The lowest BCUT2D eigenvalue weighted by molar-refractivity contribution is 0.0986. The van der Waals surface area contributed by atoms with E-state index in [1.165, 1.54) is 4.88 Å². The van der Waals surface area contributed by atoms with Gasteiger partial charge in [0.25, 0.3) is 11.8 Å². The molecule has 1 aliphatic heterocycles. The van der Waals surface area contributed by atoms with Gasteiger partial charge in [-0.2, -0.15) is 0 Å². The fourth-order valence-electron chi connectivity index (χ4n) is 5.59. The van der Waals surface area contributed by atoms with Gasteiger partial charge >= 0.3 is 0 Å². The Morgan fingerprint density at radius 1 is 0.795 bits per heavy atom. The predicted molar refractivity (Wildman–Crippen MR) is 176 cm³/mol. The minimum absolute atomic E-state index is 0.0875. The third-order valence-electron chi connectivity index (χ3n) is 7.72. The molecule has 7 rings (SSSR count). The Labute approximate surface area is 259 Å². The number of hydrogen-bond donors (Lipinski definition) is 1. The second-order valence-electron chi connectivity index (χ2n) is 10.6. The van der Waals surface area contributed by atoms with E-state index >= 15 is 0 Å². The zero-order valence-electron chi connectivity index (χ0n) is 23.8. The lowest BCUT2D eigenvalue weighted by Gasteiger charge is -2.23. The Balaban J connectivity index is 1.10. The summed E-state index contributed by atoms with van der Waals surface area (Å²) in [4.78, 5) is 39.4. The van der Waals surface area contributed by atoms with Crippen molar-refractivity contribution in [2.45, 2.75) is 12.8 Å². The summed E-state index contributed by atoms with van der Waals surface area (Å²) in [6.07, 6.45) is 5.10. The zero-order chi connectivity index (χ0) is 29.9. The number of anilines is 2. The summed E-state index contributed by atoms with van der Waals surface area (Å²) in [5.74, 6) is -0.290. The molecule has 0 aliphatic carbocycles. The quantitative estimate of drug-likeness (QED) is 0.213. The van der Waals surface area contributed by atoms with Crippen molar-refractivity contribution in [3.05, 3.63) is 154 Å². The van der Waals surface area contributed by atoms with Gasteiger partial charge in [0.2, 0.25) is 0 Å². The number of fused-ring (bicyclic) bond motifs is 3. The van der Waals surface area contributed by atoms with Crippen LogP contribution in [0.5, 0.6) is 0 Å². The number of rotatable bonds is 6. The van der Waals surface area contributed by atoms with Gasteiger partial charge in [-0.1, -0.05) is 72.8 Å². The molecule has 0 spiro atoms. The molecular weight excluding hydrogens is 565 g/mol. The fraction of sp³-hybridized carbons (Fsp3) is 0.0811. The molecule has 2 amide bonds. The first kappa shape index (κ1) is 27.4. The molecule has 6 aromatic rings. The van der Waals surface area contributed by atoms with Crippen molar-refractivity contribution in [1.29, 1.82) is 0 Å². The van der Waals surface area contributed by atoms with Crippen molar-refractivity contribution in [3.63, 3.8) is 0 Å². The average molecular weight is 593 g/mol. The number of benzene rings is 4. The molecule has 2 aromatic heterocycles. The largest absolute Gasteiger partial charge is 0.322 e. The molecule has 6 nitrogen and oxygen atoms in total. The third kappa shape index (κ3) is 5.53. The van der Waals surface area contributed by atoms with Crippen molar-refractivity contribution in [2.24, 2.45) is 0 Å². The summed E-state index contributed by atoms with van der Waals surface area (Å²) >= 11 is 1.70. The number of hydrogen-bond acceptors (Lipinski definition) is 5. The summed E-state index contributed by atoms with van der Waals surface area (Å²) in [5.41, 5.74) is 7.50. The van der Waals surface area contributed by atoms with Crippen LogP contribution < -0.4 is 10.2 Å². The number of aromatic nitrogens is 2. The number of thiazole rings is 1. The number of nitrogens with zero attached hydrogens (tertiary/aromatic N) is 3. The zero-order valence-corrected chi connectivity index (χ0v) is 24.6. The second kappa shape index (κ2) is 12.1. The SMILES string of the molecule is O=C(Nc1ccc(C(=O)N2CCc3sc(Cc4cccnc4)nc3-c3ccccc32)cc1)c1ccccc1-c1ccccc1. The van der Waals surface area contributed by atoms with Gasteiger partial charge in [-0.25, -0.2) is 4.98 Å². The molecule has 0 atom stereocenters. The number of carbonyl (C=O) groups excluding carboxylic acids is 2. The highest BCUT2D eigenvalue weighted by Gasteiger charge is 2.27. The first-order valence-electron chi connectivity index (χ1n) is 14.5. The Bertz CT molecular complexity index is 1950. The van der Waals surface area contributed by atoms with Crippen molar-refractivity contribution >= 4 is 34.5 Å². The molecule has 1 N–H and O–H groups in total. The van der Waals surface area contributed by atoms with Crippen molar-refractivity contribution in [1.82, 2.24) is 9.97 Å². The lowest BCUT2D eigenvalue weighted by atomic mass is 9.99. The Kier molecular flexibility index (Phi) is 7.53. The Morgan fingerprint density at radius 2 is 1.55 bits per heavy atom. The van der Waals surface area contributed by atoms with Crippen LogP contribution in [-0.2, 0) is 12.8 Å². The van der Waals surface area contributed by atoms with Crippen LogP contribution in [0.4, 0.5) is 11.4 Å². The highest BCUT2D eigenvalue weighted by molar-refractivity contribution is 7.12. The number of pyridine rings is 1. The van der Waals surface area contributed by atoms with Crippen molar-refractivity contribution in [2.75, 3.05) is 16.8 Å². The van der Waals surface area contributed by atoms with Crippen LogP contribution in [0.2, 0.25) is 0 Å².